The number of anilines is 1. The summed E-state index contributed by atoms with van der Waals surface area (Å²) in [5, 5.41) is 0. The van der Waals surface area contributed by atoms with E-state index in [9.17, 15) is 13.2 Å². The van der Waals surface area contributed by atoms with Crippen LogP contribution < -0.4 is 4.31 Å². The van der Waals surface area contributed by atoms with E-state index < -0.39 is 10.0 Å². The third-order valence-electron chi connectivity index (χ3n) is 4.02. The molecule has 0 saturated heterocycles. The first-order chi connectivity index (χ1) is 11.9. The molecule has 25 heavy (non-hydrogen) atoms. The molecule has 2 rings (SSSR count). The largest absolute Gasteiger partial charge is 0.339 e. The number of sulfonamides is 1. The Balaban J connectivity index is 2.23. The minimum atomic E-state index is -3.41. The van der Waals surface area contributed by atoms with Crippen LogP contribution in [0.25, 0.3) is 0 Å². The van der Waals surface area contributed by atoms with E-state index in [1.807, 2.05) is 19.9 Å². The number of hydrogen-bond acceptors (Lipinski definition) is 3. The van der Waals surface area contributed by atoms with Crippen LogP contribution in [0.2, 0.25) is 0 Å². The summed E-state index contributed by atoms with van der Waals surface area (Å²) >= 11 is 0. The van der Waals surface area contributed by atoms with Crippen molar-refractivity contribution in [2.45, 2.75) is 20.4 Å². The molecule has 0 aromatic heterocycles. The fourth-order valence-corrected chi connectivity index (χ4v) is 3.49. The van der Waals surface area contributed by atoms with Crippen molar-refractivity contribution >= 4 is 21.6 Å². The zero-order chi connectivity index (χ0) is 18.4. The van der Waals surface area contributed by atoms with E-state index >= 15 is 0 Å². The van der Waals surface area contributed by atoms with Gasteiger partial charge in [-0.25, -0.2) is 8.42 Å². The Morgan fingerprint density at radius 3 is 1.96 bits per heavy atom. The zero-order valence-electron chi connectivity index (χ0n) is 14.8. The van der Waals surface area contributed by atoms with Gasteiger partial charge in [0.2, 0.25) is 10.0 Å². The van der Waals surface area contributed by atoms with Gasteiger partial charge in [-0.1, -0.05) is 30.3 Å². The van der Waals surface area contributed by atoms with Gasteiger partial charge in [-0.05, 0) is 43.7 Å². The quantitative estimate of drug-likeness (QED) is 0.762. The van der Waals surface area contributed by atoms with Crippen molar-refractivity contribution in [1.29, 1.82) is 0 Å². The van der Waals surface area contributed by atoms with Crippen LogP contribution in [-0.4, -0.2) is 38.6 Å². The smallest absolute Gasteiger partial charge is 0.253 e. The van der Waals surface area contributed by atoms with Gasteiger partial charge >= 0.3 is 0 Å². The van der Waals surface area contributed by atoms with Crippen LogP contribution >= 0.6 is 0 Å². The summed E-state index contributed by atoms with van der Waals surface area (Å²) < 4.78 is 25.6. The van der Waals surface area contributed by atoms with Gasteiger partial charge in [-0.3, -0.25) is 9.10 Å². The van der Waals surface area contributed by atoms with Crippen LogP contribution in [0.15, 0.2) is 54.6 Å². The molecular formula is C19H24N2O3S. The summed E-state index contributed by atoms with van der Waals surface area (Å²) in [6, 6.07) is 16.1. The van der Waals surface area contributed by atoms with Crippen LogP contribution in [0.5, 0.6) is 0 Å². The number of para-hydroxylation sites is 1. The van der Waals surface area contributed by atoms with Crippen molar-refractivity contribution in [2.24, 2.45) is 0 Å². The Labute approximate surface area is 149 Å². The van der Waals surface area contributed by atoms with Gasteiger partial charge in [0.1, 0.15) is 0 Å². The minimum absolute atomic E-state index is 0.0143. The van der Waals surface area contributed by atoms with Crippen molar-refractivity contribution in [3.63, 3.8) is 0 Å². The minimum Gasteiger partial charge on any atom is -0.339 e. The van der Waals surface area contributed by atoms with E-state index in [0.717, 1.165) is 5.56 Å². The fraction of sp³-hybridized carbons (Fsp3) is 0.316. The van der Waals surface area contributed by atoms with Gasteiger partial charge < -0.3 is 4.90 Å². The highest BCUT2D eigenvalue weighted by Crippen LogP contribution is 2.20. The molecular weight excluding hydrogens is 336 g/mol. The van der Waals surface area contributed by atoms with Gasteiger partial charge in [-0.15, -0.1) is 0 Å². The van der Waals surface area contributed by atoms with Crippen LogP contribution in [0.3, 0.4) is 0 Å². The first-order valence-corrected chi connectivity index (χ1v) is 10.1. The van der Waals surface area contributed by atoms with Crippen molar-refractivity contribution in [3.8, 4) is 0 Å². The molecule has 2 aromatic carbocycles. The average Bonchev–Trinajstić information content (AvgIpc) is 2.61. The van der Waals surface area contributed by atoms with Crippen molar-refractivity contribution in [1.82, 2.24) is 4.90 Å². The Morgan fingerprint density at radius 2 is 1.48 bits per heavy atom. The fourth-order valence-electron chi connectivity index (χ4n) is 2.61. The molecule has 2 aromatic rings. The molecule has 0 spiro atoms. The second kappa shape index (κ2) is 8.16. The topological polar surface area (TPSA) is 57.7 Å². The van der Waals surface area contributed by atoms with Crippen molar-refractivity contribution < 1.29 is 13.2 Å². The lowest BCUT2D eigenvalue weighted by molar-refractivity contribution is 0.0773. The van der Waals surface area contributed by atoms with Crippen LogP contribution in [-0.2, 0) is 16.6 Å². The number of carbonyl (C=O) groups excluding carboxylic acids is 1. The molecule has 0 N–H and O–H groups in total. The molecule has 0 unspecified atom stereocenters. The molecule has 0 radical (unpaired) electrons. The molecule has 6 heteroatoms. The highest BCUT2D eigenvalue weighted by molar-refractivity contribution is 7.92. The van der Waals surface area contributed by atoms with Gasteiger partial charge in [0.05, 0.1) is 18.5 Å². The second-order valence-electron chi connectivity index (χ2n) is 5.78. The second-order valence-corrected chi connectivity index (χ2v) is 7.69. The molecule has 0 saturated carbocycles. The average molecular weight is 360 g/mol. The highest BCUT2D eigenvalue weighted by atomic mass is 32.2. The number of rotatable bonds is 7. The maximum absolute atomic E-state index is 12.3. The maximum Gasteiger partial charge on any atom is 0.253 e. The van der Waals surface area contributed by atoms with Crippen molar-refractivity contribution in [2.75, 3.05) is 23.7 Å². The number of benzene rings is 2. The van der Waals surface area contributed by atoms with E-state index in [2.05, 4.69) is 0 Å². The molecule has 5 nitrogen and oxygen atoms in total. The molecule has 0 aliphatic rings. The number of hydrogen-bond donors (Lipinski definition) is 0. The monoisotopic (exact) mass is 360 g/mol. The molecule has 1 amide bonds. The number of nitrogens with zero attached hydrogens (tertiary/aromatic N) is 2. The van der Waals surface area contributed by atoms with Gasteiger partial charge in [-0.2, -0.15) is 0 Å². The lowest BCUT2D eigenvalue weighted by Crippen LogP contribution is -2.30. The lowest BCUT2D eigenvalue weighted by atomic mass is 10.1. The summed E-state index contributed by atoms with van der Waals surface area (Å²) in [5.41, 5.74) is 2.05. The Bertz CT molecular complexity index is 798. The predicted octanol–water partition coefficient (Wildman–Crippen LogP) is 3.13. The summed E-state index contributed by atoms with van der Waals surface area (Å²) in [6.07, 6.45) is 1.19. The SMILES string of the molecule is CCN(CC)C(=O)c1ccc(CN(c2ccccc2)S(C)(=O)=O)cc1. The van der Waals surface area contributed by atoms with E-state index in [-0.39, 0.29) is 12.5 Å². The third kappa shape index (κ3) is 4.82. The first-order valence-electron chi connectivity index (χ1n) is 8.27. The van der Waals surface area contributed by atoms with Crippen LogP contribution in [0.4, 0.5) is 5.69 Å². The van der Waals surface area contributed by atoms with E-state index in [4.69, 9.17) is 0 Å². The van der Waals surface area contributed by atoms with E-state index in [0.29, 0.717) is 24.3 Å². The highest BCUT2D eigenvalue weighted by Gasteiger charge is 2.18. The number of amides is 1. The first kappa shape index (κ1) is 19.0. The molecule has 0 heterocycles. The molecule has 134 valence electrons. The summed E-state index contributed by atoms with van der Waals surface area (Å²) in [5.74, 6) is -0.0143. The Hall–Kier alpha value is -2.34. The van der Waals surface area contributed by atoms with Crippen LogP contribution in [0.1, 0.15) is 29.8 Å². The molecule has 0 fully saturated rings. The number of carbonyl (C=O) groups is 1. The molecule has 0 bridgehead atoms. The summed E-state index contributed by atoms with van der Waals surface area (Å²) in [6.45, 7) is 5.43. The molecule has 0 aliphatic heterocycles. The molecule has 0 atom stereocenters. The van der Waals surface area contributed by atoms with Crippen molar-refractivity contribution in [3.05, 3.63) is 65.7 Å². The summed E-state index contributed by atoms with van der Waals surface area (Å²) in [7, 11) is -3.41. The van der Waals surface area contributed by atoms with Gasteiger partial charge in [0.25, 0.3) is 5.91 Å². The predicted molar refractivity (Wildman–Crippen MR) is 101 cm³/mol. The Kier molecular flexibility index (Phi) is 6.20. The maximum atomic E-state index is 12.3. The standard InChI is InChI=1S/C19H24N2O3S/c1-4-20(5-2)19(22)17-13-11-16(12-14-17)15-21(25(3,23)24)18-9-7-6-8-10-18/h6-14H,4-5,15H2,1-3H3. The molecule has 0 aliphatic carbocycles. The van der Waals surface area contributed by atoms with Crippen LogP contribution in [0, 0.1) is 0 Å². The zero-order valence-corrected chi connectivity index (χ0v) is 15.7. The van der Waals surface area contributed by atoms with Gasteiger partial charge in [0, 0.05) is 18.7 Å². The Morgan fingerprint density at radius 1 is 0.920 bits per heavy atom. The van der Waals surface area contributed by atoms with Gasteiger partial charge in [0.15, 0.2) is 0 Å². The lowest BCUT2D eigenvalue weighted by Gasteiger charge is -2.23. The van der Waals surface area contributed by atoms with E-state index in [1.165, 1.54) is 10.6 Å². The van der Waals surface area contributed by atoms with E-state index in [1.54, 1.807) is 53.4 Å². The third-order valence-corrected chi connectivity index (χ3v) is 5.16. The normalized spacial score (nSPS) is 11.2. The summed E-state index contributed by atoms with van der Waals surface area (Å²) in [4.78, 5) is 14.1.